The van der Waals surface area contributed by atoms with Crippen LogP contribution < -0.4 is 10.2 Å². The summed E-state index contributed by atoms with van der Waals surface area (Å²) in [6.07, 6.45) is 7.12. The summed E-state index contributed by atoms with van der Waals surface area (Å²) in [6, 6.07) is 5.98. The molecule has 0 spiro atoms. The molecule has 138 valence electrons. The van der Waals surface area contributed by atoms with Gasteiger partial charge in [0.15, 0.2) is 0 Å². The van der Waals surface area contributed by atoms with Gasteiger partial charge in [0.25, 0.3) is 5.91 Å². The fourth-order valence-electron chi connectivity index (χ4n) is 3.36. The van der Waals surface area contributed by atoms with Crippen molar-refractivity contribution in [3.63, 3.8) is 0 Å². The monoisotopic (exact) mass is 361 g/mol. The van der Waals surface area contributed by atoms with Gasteiger partial charge in [0.2, 0.25) is 5.95 Å². The molecule has 0 radical (unpaired) electrons. The number of carbonyl (C=O) groups excluding carboxylic acids is 1. The number of carbonyl (C=O) groups is 1. The first-order valence-corrected chi connectivity index (χ1v) is 9.06. The van der Waals surface area contributed by atoms with Crippen LogP contribution in [0.5, 0.6) is 0 Å². The molecule has 0 bridgehead atoms. The van der Waals surface area contributed by atoms with Gasteiger partial charge in [0.1, 0.15) is 11.6 Å². The van der Waals surface area contributed by atoms with Gasteiger partial charge < -0.3 is 10.2 Å². The van der Waals surface area contributed by atoms with E-state index in [0.29, 0.717) is 11.5 Å². The van der Waals surface area contributed by atoms with E-state index in [4.69, 9.17) is 0 Å². The fourth-order valence-corrected chi connectivity index (χ4v) is 3.36. The molecular formula is C21H23N5O. The third-order valence-electron chi connectivity index (χ3n) is 4.64. The van der Waals surface area contributed by atoms with E-state index in [1.165, 1.54) is 6.08 Å². The number of amides is 1. The van der Waals surface area contributed by atoms with Crippen molar-refractivity contribution in [2.45, 2.75) is 33.6 Å². The van der Waals surface area contributed by atoms with Crippen LogP contribution in [0.3, 0.4) is 0 Å². The molecule has 1 aromatic heterocycles. The molecule has 1 aromatic carbocycles. The molecule has 1 fully saturated rings. The van der Waals surface area contributed by atoms with Crippen molar-refractivity contribution < 1.29 is 4.79 Å². The number of nitrogens with one attached hydrogen (secondary N) is 1. The van der Waals surface area contributed by atoms with Gasteiger partial charge in [-0.2, -0.15) is 5.26 Å². The van der Waals surface area contributed by atoms with E-state index in [1.807, 2.05) is 39.0 Å². The van der Waals surface area contributed by atoms with Crippen LogP contribution in [-0.4, -0.2) is 29.0 Å². The van der Waals surface area contributed by atoms with Gasteiger partial charge in [-0.15, -0.1) is 0 Å². The number of nitrogens with zero attached hydrogens (tertiary/aromatic N) is 4. The summed E-state index contributed by atoms with van der Waals surface area (Å²) < 4.78 is 0. The van der Waals surface area contributed by atoms with Crippen LogP contribution in [0.15, 0.2) is 30.1 Å². The number of aryl methyl sites for hydroxylation is 3. The zero-order valence-corrected chi connectivity index (χ0v) is 15.9. The first-order valence-electron chi connectivity index (χ1n) is 9.06. The SMILES string of the molecule is Cc1cc(C)c(NC(=O)/C(C#N)=C/c2cnc(N3CCCC3)nc2)c(C)c1. The Labute approximate surface area is 159 Å². The molecule has 0 atom stereocenters. The van der Waals surface area contributed by atoms with E-state index < -0.39 is 5.91 Å². The van der Waals surface area contributed by atoms with Gasteiger partial charge in [-0.25, -0.2) is 9.97 Å². The van der Waals surface area contributed by atoms with Gasteiger partial charge in [-0.3, -0.25) is 4.79 Å². The van der Waals surface area contributed by atoms with Crippen LogP contribution in [0.4, 0.5) is 11.6 Å². The second-order valence-electron chi connectivity index (χ2n) is 6.91. The maximum atomic E-state index is 12.6. The predicted octanol–water partition coefficient (Wildman–Crippen LogP) is 3.55. The second kappa shape index (κ2) is 8.00. The number of hydrogen-bond donors (Lipinski definition) is 1. The molecule has 6 heteroatoms. The number of aromatic nitrogens is 2. The van der Waals surface area contributed by atoms with Crippen LogP contribution in [0.1, 0.15) is 35.1 Å². The highest BCUT2D eigenvalue weighted by atomic mass is 16.1. The summed E-state index contributed by atoms with van der Waals surface area (Å²) in [4.78, 5) is 23.4. The maximum Gasteiger partial charge on any atom is 0.266 e. The minimum absolute atomic E-state index is 0.0203. The smallest absolute Gasteiger partial charge is 0.266 e. The van der Waals surface area contributed by atoms with E-state index in [9.17, 15) is 10.1 Å². The Hall–Kier alpha value is -3.20. The van der Waals surface area contributed by atoms with Crippen molar-refractivity contribution in [2.24, 2.45) is 0 Å². The highest BCUT2D eigenvalue weighted by molar-refractivity contribution is 6.10. The molecule has 0 saturated carbocycles. The topological polar surface area (TPSA) is 81.9 Å². The van der Waals surface area contributed by atoms with Gasteiger partial charge in [-0.1, -0.05) is 17.7 Å². The van der Waals surface area contributed by atoms with Crippen molar-refractivity contribution >= 4 is 23.6 Å². The Morgan fingerprint density at radius 2 is 1.74 bits per heavy atom. The number of rotatable bonds is 4. The zero-order valence-electron chi connectivity index (χ0n) is 15.9. The van der Waals surface area contributed by atoms with Crippen molar-refractivity contribution in [3.8, 4) is 6.07 Å². The average Bonchev–Trinajstić information content (AvgIpc) is 3.17. The molecule has 1 saturated heterocycles. The van der Waals surface area contributed by atoms with Gasteiger partial charge in [0, 0.05) is 36.7 Å². The van der Waals surface area contributed by atoms with Crippen LogP contribution in [-0.2, 0) is 4.79 Å². The summed E-state index contributed by atoms with van der Waals surface area (Å²) in [6.45, 7) is 7.83. The number of nitriles is 1. The van der Waals surface area contributed by atoms with E-state index in [1.54, 1.807) is 12.4 Å². The Morgan fingerprint density at radius 1 is 1.15 bits per heavy atom. The second-order valence-corrected chi connectivity index (χ2v) is 6.91. The van der Waals surface area contributed by atoms with Gasteiger partial charge in [-0.05, 0) is 50.8 Å². The predicted molar refractivity (Wildman–Crippen MR) is 106 cm³/mol. The summed E-state index contributed by atoms with van der Waals surface area (Å²) in [5.74, 6) is 0.259. The Balaban J connectivity index is 1.78. The van der Waals surface area contributed by atoms with Crippen molar-refractivity contribution in [3.05, 3.63) is 52.4 Å². The molecule has 1 amide bonds. The highest BCUT2D eigenvalue weighted by Crippen LogP contribution is 2.23. The molecule has 6 nitrogen and oxygen atoms in total. The molecule has 1 N–H and O–H groups in total. The van der Waals surface area contributed by atoms with Crippen LogP contribution >= 0.6 is 0 Å². The fraction of sp³-hybridized carbons (Fsp3) is 0.333. The maximum absolute atomic E-state index is 12.6. The minimum Gasteiger partial charge on any atom is -0.341 e. The first kappa shape index (κ1) is 18.6. The van der Waals surface area contributed by atoms with E-state index in [-0.39, 0.29) is 5.57 Å². The van der Waals surface area contributed by atoms with Crippen LogP contribution in [0, 0.1) is 32.1 Å². The van der Waals surface area contributed by atoms with Crippen LogP contribution in [0.2, 0.25) is 0 Å². The molecule has 3 rings (SSSR count). The lowest BCUT2D eigenvalue weighted by atomic mass is 10.0. The number of hydrogen-bond acceptors (Lipinski definition) is 5. The normalized spacial score (nSPS) is 14.1. The lowest BCUT2D eigenvalue weighted by Gasteiger charge is -2.14. The highest BCUT2D eigenvalue weighted by Gasteiger charge is 2.15. The molecule has 2 aromatic rings. The molecule has 2 heterocycles. The van der Waals surface area contributed by atoms with Crippen LogP contribution in [0.25, 0.3) is 6.08 Å². The zero-order chi connectivity index (χ0) is 19.4. The Kier molecular flexibility index (Phi) is 5.51. The summed E-state index contributed by atoms with van der Waals surface area (Å²) in [7, 11) is 0. The molecule has 0 unspecified atom stereocenters. The molecule has 1 aliphatic rings. The molecular weight excluding hydrogens is 338 g/mol. The standard InChI is InChI=1S/C21H23N5O/c1-14-8-15(2)19(16(3)9-14)25-20(27)18(11-22)10-17-12-23-21(24-13-17)26-6-4-5-7-26/h8-10,12-13H,4-7H2,1-3H3,(H,25,27)/b18-10+. The summed E-state index contributed by atoms with van der Waals surface area (Å²) in [5.41, 5.74) is 4.46. The Bertz CT molecular complexity index is 896. The third kappa shape index (κ3) is 4.32. The van der Waals surface area contributed by atoms with E-state index in [2.05, 4.69) is 20.2 Å². The molecule has 1 aliphatic heterocycles. The van der Waals surface area contributed by atoms with E-state index >= 15 is 0 Å². The van der Waals surface area contributed by atoms with Gasteiger partial charge in [0.05, 0.1) is 0 Å². The Morgan fingerprint density at radius 3 is 2.30 bits per heavy atom. The summed E-state index contributed by atoms with van der Waals surface area (Å²) in [5, 5.41) is 12.3. The number of benzene rings is 1. The lowest BCUT2D eigenvalue weighted by molar-refractivity contribution is -0.112. The van der Waals surface area contributed by atoms with Gasteiger partial charge >= 0.3 is 0 Å². The molecule has 0 aliphatic carbocycles. The minimum atomic E-state index is -0.434. The lowest BCUT2D eigenvalue weighted by Crippen LogP contribution is -2.20. The number of anilines is 2. The van der Waals surface area contributed by atoms with E-state index in [0.717, 1.165) is 48.3 Å². The third-order valence-corrected chi connectivity index (χ3v) is 4.64. The quantitative estimate of drug-likeness (QED) is 0.665. The van der Waals surface area contributed by atoms with Crippen molar-refractivity contribution in [2.75, 3.05) is 23.3 Å². The van der Waals surface area contributed by atoms with Crippen molar-refractivity contribution in [1.82, 2.24) is 9.97 Å². The average molecular weight is 361 g/mol. The van der Waals surface area contributed by atoms with Crippen molar-refractivity contribution in [1.29, 1.82) is 5.26 Å². The first-order chi connectivity index (χ1) is 13.0. The molecule has 27 heavy (non-hydrogen) atoms. The largest absolute Gasteiger partial charge is 0.341 e. The summed E-state index contributed by atoms with van der Waals surface area (Å²) >= 11 is 0.